The fourth-order valence-electron chi connectivity index (χ4n) is 3.82. The molecule has 2 aliphatic rings. The van der Waals surface area contributed by atoms with E-state index < -0.39 is 0 Å². The molecule has 0 saturated heterocycles. The number of halogens is 1. The molecule has 3 rings (SSSR count). The van der Waals surface area contributed by atoms with Gasteiger partial charge in [-0.15, -0.1) is 0 Å². The van der Waals surface area contributed by atoms with Crippen LogP contribution in [0.3, 0.4) is 0 Å². The maximum Gasteiger partial charge on any atom is 0.226 e. The van der Waals surface area contributed by atoms with E-state index in [1.165, 1.54) is 25.7 Å². The molecule has 0 aromatic heterocycles. The molecule has 0 bridgehead atoms. The summed E-state index contributed by atoms with van der Waals surface area (Å²) in [5, 5.41) is 0.801. The van der Waals surface area contributed by atoms with Crippen molar-refractivity contribution in [3.63, 3.8) is 0 Å². The van der Waals surface area contributed by atoms with Crippen LogP contribution in [0.15, 0.2) is 24.3 Å². The van der Waals surface area contributed by atoms with Crippen molar-refractivity contribution in [1.82, 2.24) is 4.90 Å². The number of nitrogens with zero attached hydrogens (tertiary/aromatic N) is 1. The predicted octanol–water partition coefficient (Wildman–Crippen LogP) is 4.62. The highest BCUT2D eigenvalue weighted by atomic mass is 35.5. The van der Waals surface area contributed by atoms with E-state index in [1.54, 1.807) is 0 Å². The smallest absolute Gasteiger partial charge is 0.226 e. The molecule has 2 unspecified atom stereocenters. The number of hydrogen-bond acceptors (Lipinski definition) is 1. The van der Waals surface area contributed by atoms with E-state index in [9.17, 15) is 4.79 Å². The topological polar surface area (TPSA) is 20.3 Å². The Bertz CT molecular complexity index is 522. The van der Waals surface area contributed by atoms with Gasteiger partial charge in [0, 0.05) is 23.0 Å². The Balaban J connectivity index is 1.72. The molecule has 2 nitrogen and oxygen atoms in total. The second-order valence-electron chi connectivity index (χ2n) is 6.75. The van der Waals surface area contributed by atoms with Crippen LogP contribution in [0.1, 0.15) is 57.4 Å². The van der Waals surface area contributed by atoms with Gasteiger partial charge in [-0.3, -0.25) is 4.79 Å². The highest BCUT2D eigenvalue weighted by Crippen LogP contribution is 2.51. The van der Waals surface area contributed by atoms with Crippen LogP contribution in [0.25, 0.3) is 0 Å². The Morgan fingerprint density at radius 3 is 2.52 bits per heavy atom. The number of carbonyl (C=O) groups excluding carboxylic acids is 1. The fraction of sp³-hybridized carbons (Fsp3) is 0.611. The van der Waals surface area contributed by atoms with E-state index in [-0.39, 0.29) is 5.92 Å². The van der Waals surface area contributed by atoms with Crippen LogP contribution in [0.2, 0.25) is 5.02 Å². The number of carbonyl (C=O) groups is 1. The molecule has 1 amide bonds. The lowest BCUT2D eigenvalue weighted by molar-refractivity contribution is -0.136. The zero-order chi connectivity index (χ0) is 15.0. The number of hydrogen-bond donors (Lipinski definition) is 0. The molecule has 1 aromatic carbocycles. The zero-order valence-corrected chi connectivity index (χ0v) is 13.6. The van der Waals surface area contributed by atoms with E-state index >= 15 is 0 Å². The van der Waals surface area contributed by atoms with Crippen molar-refractivity contribution >= 4 is 17.5 Å². The molecule has 3 heteroatoms. The van der Waals surface area contributed by atoms with Crippen LogP contribution < -0.4 is 0 Å². The highest BCUT2D eigenvalue weighted by Gasteiger charge is 2.48. The monoisotopic (exact) mass is 305 g/mol. The van der Waals surface area contributed by atoms with Gasteiger partial charge in [0.1, 0.15) is 0 Å². The van der Waals surface area contributed by atoms with Crippen LogP contribution in [0.5, 0.6) is 0 Å². The zero-order valence-electron chi connectivity index (χ0n) is 12.9. The highest BCUT2D eigenvalue weighted by molar-refractivity contribution is 6.31. The Morgan fingerprint density at radius 1 is 1.24 bits per heavy atom. The van der Waals surface area contributed by atoms with E-state index in [4.69, 9.17) is 11.6 Å². The standard InChI is InChI=1S/C18H24ClNO/c1-12(2)20(13-7-3-4-8-13)18(21)16-11-15(16)14-9-5-6-10-17(14)19/h5-6,9-10,12-13,15-16H,3-4,7-8,11H2,1-2H3. The first-order valence-electron chi connectivity index (χ1n) is 8.16. The summed E-state index contributed by atoms with van der Waals surface area (Å²) < 4.78 is 0. The first kappa shape index (κ1) is 14.9. The minimum absolute atomic E-state index is 0.146. The van der Waals surface area contributed by atoms with E-state index in [0.29, 0.717) is 23.9 Å². The Kier molecular flexibility index (Phi) is 4.26. The molecule has 0 spiro atoms. The molecule has 2 fully saturated rings. The van der Waals surface area contributed by atoms with Gasteiger partial charge in [-0.25, -0.2) is 0 Å². The molecular weight excluding hydrogens is 282 g/mol. The van der Waals surface area contributed by atoms with Crippen molar-refractivity contribution in [2.45, 2.75) is 64.0 Å². The average molecular weight is 306 g/mol. The van der Waals surface area contributed by atoms with Gasteiger partial charge >= 0.3 is 0 Å². The van der Waals surface area contributed by atoms with Crippen LogP contribution in [0, 0.1) is 5.92 Å². The molecule has 2 atom stereocenters. The molecule has 114 valence electrons. The van der Waals surface area contributed by atoms with E-state index in [1.807, 2.05) is 18.2 Å². The fourth-order valence-corrected chi connectivity index (χ4v) is 4.09. The average Bonchev–Trinajstić information content (AvgIpc) is 3.07. The van der Waals surface area contributed by atoms with Crippen molar-refractivity contribution in [3.8, 4) is 0 Å². The molecule has 2 saturated carbocycles. The third-order valence-corrected chi connectivity index (χ3v) is 5.29. The predicted molar refractivity (Wildman–Crippen MR) is 86.5 cm³/mol. The van der Waals surface area contributed by atoms with Crippen molar-refractivity contribution in [2.75, 3.05) is 0 Å². The lowest BCUT2D eigenvalue weighted by atomic mass is 10.1. The first-order valence-corrected chi connectivity index (χ1v) is 8.54. The summed E-state index contributed by atoms with van der Waals surface area (Å²) in [5.41, 5.74) is 1.15. The maximum atomic E-state index is 12.9. The van der Waals surface area contributed by atoms with Crippen LogP contribution >= 0.6 is 11.6 Å². The molecular formula is C18H24ClNO. The van der Waals surface area contributed by atoms with Gasteiger partial charge in [0.2, 0.25) is 5.91 Å². The van der Waals surface area contributed by atoms with Gasteiger partial charge < -0.3 is 4.90 Å². The lowest BCUT2D eigenvalue weighted by Crippen LogP contribution is -2.44. The van der Waals surface area contributed by atoms with E-state index in [2.05, 4.69) is 24.8 Å². The van der Waals surface area contributed by atoms with Gasteiger partial charge in [-0.2, -0.15) is 0 Å². The first-order chi connectivity index (χ1) is 10.1. The molecule has 21 heavy (non-hydrogen) atoms. The number of rotatable bonds is 4. The second-order valence-corrected chi connectivity index (χ2v) is 7.15. The summed E-state index contributed by atoms with van der Waals surface area (Å²) >= 11 is 6.27. The van der Waals surface area contributed by atoms with Gasteiger partial charge in [0.25, 0.3) is 0 Å². The van der Waals surface area contributed by atoms with Gasteiger partial charge in [-0.05, 0) is 50.7 Å². The summed E-state index contributed by atoms with van der Waals surface area (Å²) in [6, 6.07) is 8.71. The normalized spacial score (nSPS) is 25.3. The summed E-state index contributed by atoms with van der Waals surface area (Å²) in [6.07, 6.45) is 5.83. The van der Waals surface area contributed by atoms with Crippen LogP contribution in [-0.2, 0) is 4.79 Å². The summed E-state index contributed by atoms with van der Waals surface area (Å²) in [5.74, 6) is 0.823. The molecule has 0 heterocycles. The third kappa shape index (κ3) is 2.96. The van der Waals surface area contributed by atoms with Crippen molar-refractivity contribution in [2.24, 2.45) is 5.92 Å². The molecule has 0 N–H and O–H groups in total. The molecule has 0 radical (unpaired) electrons. The summed E-state index contributed by atoms with van der Waals surface area (Å²) in [6.45, 7) is 4.28. The Labute approximate surface area is 132 Å². The Hall–Kier alpha value is -1.02. The van der Waals surface area contributed by atoms with Gasteiger partial charge in [0.15, 0.2) is 0 Å². The minimum Gasteiger partial charge on any atom is -0.337 e. The molecule has 0 aliphatic heterocycles. The summed E-state index contributed by atoms with van der Waals surface area (Å²) in [7, 11) is 0. The minimum atomic E-state index is 0.146. The lowest BCUT2D eigenvalue weighted by Gasteiger charge is -2.33. The van der Waals surface area contributed by atoms with Gasteiger partial charge in [-0.1, -0.05) is 42.6 Å². The quantitative estimate of drug-likeness (QED) is 0.794. The number of benzene rings is 1. The SMILES string of the molecule is CC(C)N(C(=O)C1CC1c1ccccc1Cl)C1CCCC1. The Morgan fingerprint density at radius 2 is 1.90 bits per heavy atom. The van der Waals surface area contributed by atoms with Gasteiger partial charge in [0.05, 0.1) is 0 Å². The van der Waals surface area contributed by atoms with Crippen molar-refractivity contribution in [1.29, 1.82) is 0 Å². The van der Waals surface area contributed by atoms with Crippen LogP contribution in [-0.4, -0.2) is 22.9 Å². The number of amides is 1. The van der Waals surface area contributed by atoms with Crippen LogP contribution in [0.4, 0.5) is 0 Å². The molecule has 2 aliphatic carbocycles. The van der Waals surface area contributed by atoms with E-state index in [0.717, 1.165) is 17.0 Å². The van der Waals surface area contributed by atoms with Crippen molar-refractivity contribution < 1.29 is 4.79 Å². The molecule has 1 aromatic rings. The van der Waals surface area contributed by atoms with Crippen molar-refractivity contribution in [3.05, 3.63) is 34.9 Å². The second kappa shape index (κ2) is 6.00. The maximum absolute atomic E-state index is 12.9. The largest absolute Gasteiger partial charge is 0.337 e. The summed E-state index contributed by atoms with van der Waals surface area (Å²) in [4.78, 5) is 15.1. The third-order valence-electron chi connectivity index (χ3n) is 4.94.